The summed E-state index contributed by atoms with van der Waals surface area (Å²) in [5.41, 5.74) is 3.40. The van der Waals surface area contributed by atoms with Gasteiger partial charge in [0.2, 0.25) is 0 Å². The first-order valence-electron chi connectivity index (χ1n) is 11.3. The minimum absolute atomic E-state index is 0.281. The van der Waals surface area contributed by atoms with E-state index < -0.39 is 5.91 Å². The molecule has 0 aliphatic heterocycles. The fourth-order valence-corrected chi connectivity index (χ4v) is 4.39. The Morgan fingerprint density at radius 1 is 1.00 bits per heavy atom. The molecule has 1 amide bonds. The number of carbonyl (C=O) groups is 1. The molecule has 0 fully saturated rings. The van der Waals surface area contributed by atoms with Crippen molar-refractivity contribution < 1.29 is 9.32 Å². The summed E-state index contributed by atoms with van der Waals surface area (Å²) in [5, 5.41) is 17.2. The van der Waals surface area contributed by atoms with Crippen LogP contribution in [-0.4, -0.2) is 40.6 Å². The predicted octanol–water partition coefficient (Wildman–Crippen LogP) is 5.18. The van der Waals surface area contributed by atoms with Crippen molar-refractivity contribution in [1.82, 2.24) is 34.7 Å². The highest BCUT2D eigenvalue weighted by molar-refractivity contribution is 6.33. The third-order valence-corrected chi connectivity index (χ3v) is 6.17. The van der Waals surface area contributed by atoms with Crippen LogP contribution in [0.15, 0.2) is 77.7 Å². The third kappa shape index (κ3) is 3.93. The highest BCUT2D eigenvalue weighted by atomic mass is 35.5. The molecule has 37 heavy (non-hydrogen) atoms. The number of nitrogens with one attached hydrogen (secondary N) is 1. The molecule has 6 rings (SSSR count). The van der Waals surface area contributed by atoms with Crippen LogP contribution in [0.4, 0.5) is 5.82 Å². The van der Waals surface area contributed by atoms with E-state index in [0.29, 0.717) is 50.4 Å². The van der Waals surface area contributed by atoms with Crippen LogP contribution in [0, 0.1) is 13.8 Å². The Morgan fingerprint density at radius 2 is 1.78 bits per heavy atom. The van der Waals surface area contributed by atoms with Gasteiger partial charge in [-0.25, -0.2) is 14.6 Å². The Hall–Kier alpha value is -4.83. The number of fused-ring (bicyclic) bond motifs is 1. The van der Waals surface area contributed by atoms with Crippen LogP contribution in [0.2, 0.25) is 5.02 Å². The number of benzene rings is 2. The van der Waals surface area contributed by atoms with Gasteiger partial charge in [-0.15, -0.1) is 0 Å². The van der Waals surface area contributed by atoms with Crippen molar-refractivity contribution in [2.75, 3.05) is 5.32 Å². The van der Waals surface area contributed by atoms with Crippen LogP contribution in [0.3, 0.4) is 0 Å². The van der Waals surface area contributed by atoms with Crippen molar-refractivity contribution >= 4 is 34.4 Å². The fourth-order valence-electron chi connectivity index (χ4n) is 4.16. The molecule has 182 valence electrons. The lowest BCUT2D eigenvalue weighted by Gasteiger charge is -2.10. The van der Waals surface area contributed by atoms with Crippen LogP contribution in [0.1, 0.15) is 21.8 Å². The smallest absolute Gasteiger partial charge is 0.262 e. The van der Waals surface area contributed by atoms with Gasteiger partial charge in [0.15, 0.2) is 11.5 Å². The first-order valence-corrected chi connectivity index (χ1v) is 11.7. The topological polar surface area (TPSA) is 117 Å². The quantitative estimate of drug-likeness (QED) is 0.339. The van der Waals surface area contributed by atoms with Crippen molar-refractivity contribution in [2.45, 2.75) is 13.8 Å². The molecule has 0 unspecified atom stereocenters. The first-order chi connectivity index (χ1) is 18.0. The molecule has 2 aromatic carbocycles. The van der Waals surface area contributed by atoms with Gasteiger partial charge in [0.05, 0.1) is 28.0 Å². The molecule has 4 aromatic heterocycles. The maximum atomic E-state index is 13.5. The molecule has 0 radical (unpaired) electrons. The molecule has 11 heteroatoms. The Balaban J connectivity index is 1.41. The Kier molecular flexibility index (Phi) is 5.50. The maximum Gasteiger partial charge on any atom is 0.262 e. The van der Waals surface area contributed by atoms with E-state index in [-0.39, 0.29) is 5.56 Å². The Labute approximate surface area is 215 Å². The van der Waals surface area contributed by atoms with Crippen molar-refractivity contribution in [1.29, 1.82) is 0 Å². The third-order valence-electron chi connectivity index (χ3n) is 5.84. The number of hydrogen-bond acceptors (Lipinski definition) is 7. The molecule has 6 aromatic rings. The molecule has 0 aliphatic rings. The fraction of sp³-hybridized carbons (Fsp3) is 0.0769. The molecule has 4 heterocycles. The van der Waals surface area contributed by atoms with Crippen LogP contribution < -0.4 is 5.32 Å². The Bertz CT molecular complexity index is 1770. The van der Waals surface area contributed by atoms with Gasteiger partial charge in [-0.3, -0.25) is 4.79 Å². The van der Waals surface area contributed by atoms with E-state index in [9.17, 15) is 4.79 Å². The lowest BCUT2D eigenvalue weighted by atomic mass is 10.1. The molecule has 0 atom stereocenters. The largest absolute Gasteiger partial charge is 0.360 e. The van der Waals surface area contributed by atoms with E-state index in [1.807, 2.05) is 49.4 Å². The predicted molar refractivity (Wildman–Crippen MR) is 138 cm³/mol. The minimum Gasteiger partial charge on any atom is -0.360 e. The number of para-hydroxylation sites is 1. The SMILES string of the molecule is Cc1cc(NC(=O)c2c(-c3ccccc3Cl)noc2C)n(-c2ncnc3c2cnn3-c2ccccc2)n1. The van der Waals surface area contributed by atoms with Gasteiger partial charge in [0, 0.05) is 11.6 Å². The second kappa shape index (κ2) is 8.99. The molecule has 0 aliphatic carbocycles. The summed E-state index contributed by atoms with van der Waals surface area (Å²) < 4.78 is 8.65. The second-order valence-corrected chi connectivity index (χ2v) is 8.71. The van der Waals surface area contributed by atoms with E-state index in [1.165, 1.54) is 6.33 Å². The maximum absolute atomic E-state index is 13.5. The van der Waals surface area contributed by atoms with E-state index in [0.717, 1.165) is 5.69 Å². The van der Waals surface area contributed by atoms with Crippen LogP contribution in [-0.2, 0) is 0 Å². The average Bonchev–Trinajstić information content (AvgIpc) is 3.61. The zero-order chi connectivity index (χ0) is 25.5. The van der Waals surface area contributed by atoms with E-state index in [1.54, 1.807) is 40.7 Å². The normalized spacial score (nSPS) is 11.2. The monoisotopic (exact) mass is 510 g/mol. The standard InChI is InChI=1S/C26H19ClN8O2/c1-15-12-21(31-26(36)22-16(2)37-33-23(22)18-10-6-7-11-20(18)27)35(32-15)25-19-13-30-34(24(19)28-14-29-25)17-8-4-3-5-9-17/h3-14H,1-2H3,(H,31,36). The van der Waals surface area contributed by atoms with Crippen molar-refractivity contribution in [3.05, 3.63) is 95.2 Å². The molecule has 1 N–H and O–H groups in total. The van der Waals surface area contributed by atoms with Gasteiger partial charge < -0.3 is 9.84 Å². The number of nitrogens with zero attached hydrogens (tertiary/aromatic N) is 7. The van der Waals surface area contributed by atoms with E-state index >= 15 is 0 Å². The molecular formula is C26H19ClN8O2. The number of hydrogen-bond donors (Lipinski definition) is 1. The van der Waals surface area contributed by atoms with Gasteiger partial charge in [-0.2, -0.15) is 14.9 Å². The molecule has 0 saturated heterocycles. The summed E-state index contributed by atoms with van der Waals surface area (Å²) in [5.74, 6) is 0.841. The number of amides is 1. The van der Waals surface area contributed by atoms with Crippen molar-refractivity contribution in [3.8, 4) is 22.8 Å². The number of carbonyl (C=O) groups excluding carboxylic acids is 1. The van der Waals surface area contributed by atoms with Crippen molar-refractivity contribution in [2.24, 2.45) is 0 Å². The number of rotatable bonds is 5. The van der Waals surface area contributed by atoms with Gasteiger partial charge in [-0.1, -0.05) is 53.2 Å². The lowest BCUT2D eigenvalue weighted by molar-refractivity contribution is 0.102. The summed E-state index contributed by atoms with van der Waals surface area (Å²) >= 11 is 6.37. The molecule has 0 spiro atoms. The minimum atomic E-state index is -0.417. The van der Waals surface area contributed by atoms with Crippen molar-refractivity contribution in [3.63, 3.8) is 0 Å². The van der Waals surface area contributed by atoms with Crippen LogP contribution >= 0.6 is 11.6 Å². The highest BCUT2D eigenvalue weighted by Crippen LogP contribution is 2.32. The molecule has 0 bridgehead atoms. The van der Waals surface area contributed by atoms with Crippen LogP contribution in [0.5, 0.6) is 0 Å². The Morgan fingerprint density at radius 3 is 2.59 bits per heavy atom. The first kappa shape index (κ1) is 22.6. The lowest BCUT2D eigenvalue weighted by Crippen LogP contribution is -2.17. The number of anilines is 1. The summed E-state index contributed by atoms with van der Waals surface area (Å²) in [6.45, 7) is 3.51. The van der Waals surface area contributed by atoms with E-state index in [4.69, 9.17) is 16.1 Å². The van der Waals surface area contributed by atoms with Crippen LogP contribution in [0.25, 0.3) is 33.8 Å². The molecular weight excluding hydrogens is 492 g/mol. The van der Waals surface area contributed by atoms with Gasteiger partial charge in [0.1, 0.15) is 29.2 Å². The summed E-state index contributed by atoms with van der Waals surface area (Å²) in [4.78, 5) is 22.4. The highest BCUT2D eigenvalue weighted by Gasteiger charge is 2.25. The number of aryl methyl sites for hydroxylation is 2. The van der Waals surface area contributed by atoms with Gasteiger partial charge >= 0.3 is 0 Å². The summed E-state index contributed by atoms with van der Waals surface area (Å²) in [7, 11) is 0. The molecule has 0 saturated carbocycles. The second-order valence-electron chi connectivity index (χ2n) is 8.31. The zero-order valence-electron chi connectivity index (χ0n) is 19.8. The molecule has 10 nitrogen and oxygen atoms in total. The number of halogens is 1. The van der Waals surface area contributed by atoms with E-state index in [2.05, 4.69) is 30.6 Å². The average molecular weight is 511 g/mol. The number of aromatic nitrogens is 7. The summed E-state index contributed by atoms with van der Waals surface area (Å²) in [6, 6.07) is 18.6. The van der Waals surface area contributed by atoms with Gasteiger partial charge in [0.25, 0.3) is 5.91 Å². The van der Waals surface area contributed by atoms with Gasteiger partial charge in [-0.05, 0) is 32.0 Å². The summed E-state index contributed by atoms with van der Waals surface area (Å²) in [6.07, 6.45) is 3.13. The zero-order valence-corrected chi connectivity index (χ0v) is 20.5.